The molecule has 0 aliphatic rings. The molecule has 6 heteroatoms. The maximum atomic E-state index is 11.7. The third-order valence-electron chi connectivity index (χ3n) is 7.82. The first kappa shape index (κ1) is 35.8. The number of hydrogen-bond donors (Lipinski definition) is 1. The predicted octanol–water partition coefficient (Wildman–Crippen LogP) is 10.6. The number of aliphatic hydroxyl groups is 1. The SMILES string of the molecule is CC(C)c1cc2ncnc(-c3[c-]c4ccccc4c(C(C)(C)C)c3)c2s1.CCC(CC)C(=O)/C=C(\O)C(CC)CC.[Ir]. The average molecular weight is 764 g/mol. The number of carbonyl (C=O) groups is 1. The summed E-state index contributed by atoms with van der Waals surface area (Å²) in [5, 5.41) is 12.2. The van der Waals surface area contributed by atoms with Gasteiger partial charge in [0.1, 0.15) is 6.33 Å². The second-order valence-electron chi connectivity index (χ2n) is 12.1. The van der Waals surface area contributed by atoms with Crippen molar-refractivity contribution in [1.82, 2.24) is 9.97 Å². The van der Waals surface area contributed by atoms with Crippen LogP contribution in [0.4, 0.5) is 0 Å². The molecule has 0 bridgehead atoms. The summed E-state index contributed by atoms with van der Waals surface area (Å²) in [7, 11) is 0. The summed E-state index contributed by atoms with van der Waals surface area (Å²) in [6.07, 6.45) is 6.58. The molecule has 0 fully saturated rings. The first-order chi connectivity index (χ1) is 19.4. The molecule has 1 radical (unpaired) electrons. The molecule has 2 aromatic carbocycles. The Morgan fingerprint density at radius 2 is 1.60 bits per heavy atom. The molecule has 1 N–H and O–H groups in total. The van der Waals surface area contributed by atoms with Crippen LogP contribution in [0.25, 0.3) is 32.2 Å². The van der Waals surface area contributed by atoms with Crippen LogP contribution in [0.15, 0.2) is 54.6 Å². The number of allylic oxidation sites excluding steroid dienone is 2. The Kier molecular flexibility index (Phi) is 13.5. The van der Waals surface area contributed by atoms with Crippen LogP contribution in [0.3, 0.4) is 0 Å². The van der Waals surface area contributed by atoms with Gasteiger partial charge in [-0.15, -0.1) is 40.5 Å². The van der Waals surface area contributed by atoms with Gasteiger partial charge in [0.05, 0.1) is 11.3 Å². The second-order valence-corrected chi connectivity index (χ2v) is 13.2. The molecule has 4 nitrogen and oxygen atoms in total. The molecule has 0 aliphatic heterocycles. The van der Waals surface area contributed by atoms with Crippen LogP contribution in [0.2, 0.25) is 0 Å². The van der Waals surface area contributed by atoms with Gasteiger partial charge in [0.2, 0.25) is 0 Å². The van der Waals surface area contributed by atoms with Gasteiger partial charge >= 0.3 is 0 Å². The molecule has 0 unspecified atom stereocenters. The van der Waals surface area contributed by atoms with Crippen molar-refractivity contribution in [3.8, 4) is 11.3 Å². The van der Waals surface area contributed by atoms with Crippen LogP contribution in [0, 0.1) is 17.9 Å². The van der Waals surface area contributed by atoms with E-state index in [1.807, 2.05) is 27.7 Å². The molecule has 4 aromatic rings. The Balaban J connectivity index is 0.000000334. The Hall–Kier alpha value is -2.40. The van der Waals surface area contributed by atoms with E-state index >= 15 is 0 Å². The van der Waals surface area contributed by atoms with Crippen molar-refractivity contribution in [2.45, 2.75) is 99.3 Å². The summed E-state index contributed by atoms with van der Waals surface area (Å²) in [5.41, 5.74) is 4.45. The van der Waals surface area contributed by atoms with E-state index in [1.54, 1.807) is 17.7 Å². The van der Waals surface area contributed by atoms with E-state index in [0.29, 0.717) is 5.92 Å². The van der Waals surface area contributed by atoms with Crippen LogP contribution in [-0.4, -0.2) is 20.9 Å². The number of aromatic nitrogens is 2. The maximum Gasteiger partial charge on any atom is 0.162 e. The number of nitrogens with zero attached hydrogens (tertiary/aromatic N) is 2. The fourth-order valence-electron chi connectivity index (χ4n) is 5.11. The van der Waals surface area contributed by atoms with Crippen molar-refractivity contribution in [2.24, 2.45) is 11.8 Å². The first-order valence-corrected chi connectivity index (χ1v) is 15.9. The van der Waals surface area contributed by atoms with E-state index in [-0.39, 0.29) is 48.9 Å². The molecule has 0 aliphatic carbocycles. The monoisotopic (exact) mass is 764 g/mol. The van der Waals surface area contributed by atoms with E-state index in [2.05, 4.69) is 87.1 Å². The quantitative estimate of drug-likeness (QED) is 0.105. The van der Waals surface area contributed by atoms with Crippen LogP contribution >= 0.6 is 11.3 Å². The fraction of sp³-hybridized carbons (Fsp3) is 0.472. The molecule has 229 valence electrons. The van der Waals surface area contributed by atoms with Crippen LogP contribution in [0.1, 0.15) is 104 Å². The third-order valence-corrected chi connectivity index (χ3v) is 9.25. The number of benzene rings is 2. The Bertz CT molecular complexity index is 1490. The van der Waals surface area contributed by atoms with E-state index < -0.39 is 0 Å². The van der Waals surface area contributed by atoms with Crippen LogP contribution in [0.5, 0.6) is 0 Å². The molecule has 0 saturated heterocycles. The Morgan fingerprint density at radius 3 is 2.17 bits per heavy atom. The molecular formula is C36H47IrN2O2S-. The smallest absolute Gasteiger partial charge is 0.162 e. The van der Waals surface area contributed by atoms with Gasteiger partial charge < -0.3 is 5.11 Å². The maximum absolute atomic E-state index is 11.7. The molecular weight excluding hydrogens is 717 g/mol. The van der Waals surface area contributed by atoms with E-state index in [4.69, 9.17) is 0 Å². The van der Waals surface area contributed by atoms with Crippen molar-refractivity contribution >= 4 is 38.1 Å². The Labute approximate surface area is 270 Å². The molecule has 2 aromatic heterocycles. The standard InChI is InChI=1S/C23H23N2S.C13H24O2.Ir/c1-14(2)20-12-19-22(26-20)21(25-13-24-19)16-10-15-8-6-7-9-17(15)18(11-16)23(3,4)5;1-5-10(6-2)12(14)9-13(15)11(7-3)8-4;/h6-9,11-14H,1-5H3;9-11,14H,5-8H2,1-4H3;/q-1;;/b;12-9-;. The van der Waals surface area contributed by atoms with Gasteiger partial charge in [-0.3, -0.25) is 9.78 Å². The summed E-state index contributed by atoms with van der Waals surface area (Å²) < 4.78 is 1.16. The van der Waals surface area contributed by atoms with Crippen molar-refractivity contribution < 1.29 is 30.0 Å². The molecule has 0 amide bonds. The Morgan fingerprint density at radius 1 is 0.976 bits per heavy atom. The molecule has 0 saturated carbocycles. The third kappa shape index (κ3) is 8.58. The van der Waals surface area contributed by atoms with Crippen molar-refractivity contribution in [3.63, 3.8) is 0 Å². The summed E-state index contributed by atoms with van der Waals surface area (Å²) >= 11 is 1.80. The molecule has 2 heterocycles. The number of fused-ring (bicyclic) bond motifs is 2. The summed E-state index contributed by atoms with van der Waals surface area (Å²) in [5.74, 6) is 1.04. The van der Waals surface area contributed by atoms with Gasteiger partial charge in [-0.25, -0.2) is 4.98 Å². The fourth-order valence-corrected chi connectivity index (χ4v) is 6.22. The van der Waals surface area contributed by atoms with Crippen LogP contribution in [-0.2, 0) is 30.3 Å². The molecule has 4 rings (SSSR count). The number of rotatable bonds is 9. The minimum Gasteiger partial charge on any atom is -0.512 e. The first-order valence-electron chi connectivity index (χ1n) is 15.1. The minimum absolute atomic E-state index is 0. The summed E-state index contributed by atoms with van der Waals surface area (Å²) in [6, 6.07) is 16.6. The number of thiophene rings is 1. The van der Waals surface area contributed by atoms with Gasteiger partial charge in [0.25, 0.3) is 0 Å². The van der Waals surface area contributed by atoms with Crippen molar-refractivity contribution in [2.75, 3.05) is 0 Å². The van der Waals surface area contributed by atoms with E-state index in [0.717, 1.165) is 52.5 Å². The van der Waals surface area contributed by atoms with Gasteiger partial charge in [0, 0.05) is 53.3 Å². The summed E-state index contributed by atoms with van der Waals surface area (Å²) in [6.45, 7) is 19.3. The van der Waals surface area contributed by atoms with Crippen molar-refractivity contribution in [3.05, 3.63) is 71.1 Å². The van der Waals surface area contributed by atoms with Gasteiger partial charge in [-0.05, 0) is 43.1 Å². The number of hydrogen-bond acceptors (Lipinski definition) is 5. The zero-order valence-electron chi connectivity index (χ0n) is 26.7. The van der Waals surface area contributed by atoms with E-state index in [1.165, 1.54) is 21.9 Å². The second kappa shape index (κ2) is 15.9. The van der Waals surface area contributed by atoms with E-state index in [9.17, 15) is 9.90 Å². The van der Waals surface area contributed by atoms with Crippen molar-refractivity contribution in [1.29, 1.82) is 0 Å². The van der Waals surface area contributed by atoms with Crippen LogP contribution < -0.4 is 0 Å². The number of aliphatic hydroxyl groups excluding tert-OH is 1. The largest absolute Gasteiger partial charge is 0.512 e. The van der Waals surface area contributed by atoms with Gasteiger partial charge in [-0.1, -0.05) is 91.5 Å². The molecule has 42 heavy (non-hydrogen) atoms. The van der Waals surface area contributed by atoms with Gasteiger partial charge in [0.15, 0.2) is 5.78 Å². The molecule has 0 atom stereocenters. The zero-order valence-corrected chi connectivity index (χ0v) is 29.9. The topological polar surface area (TPSA) is 63.1 Å². The normalized spacial score (nSPS) is 12.1. The van der Waals surface area contributed by atoms with Gasteiger partial charge in [-0.2, -0.15) is 0 Å². The minimum atomic E-state index is 0. The number of carbonyl (C=O) groups excluding carboxylic acids is 1. The number of ketones is 1. The summed E-state index contributed by atoms with van der Waals surface area (Å²) in [4.78, 5) is 22.2. The average Bonchev–Trinajstić information content (AvgIpc) is 3.39. The molecule has 0 spiro atoms. The zero-order chi connectivity index (χ0) is 30.3. The predicted molar refractivity (Wildman–Crippen MR) is 176 cm³/mol.